The van der Waals surface area contributed by atoms with Gasteiger partial charge in [0.25, 0.3) is 0 Å². The molecule has 1 aliphatic heterocycles. The Morgan fingerprint density at radius 3 is 2.85 bits per heavy atom. The predicted molar refractivity (Wildman–Crippen MR) is 77.7 cm³/mol. The molecule has 4 heteroatoms. The van der Waals surface area contributed by atoms with E-state index in [4.69, 9.17) is 4.74 Å². The Kier molecular flexibility index (Phi) is 4.33. The SMILES string of the molecule is O=C(CNCC1Cc2ccccc21)NC1CCOCC1. The molecule has 0 saturated carbocycles. The van der Waals surface area contributed by atoms with E-state index in [1.807, 2.05) is 0 Å². The average molecular weight is 274 g/mol. The molecule has 1 aromatic carbocycles. The van der Waals surface area contributed by atoms with Crippen LogP contribution < -0.4 is 10.6 Å². The number of carbonyl (C=O) groups excluding carboxylic acids is 1. The predicted octanol–water partition coefficient (Wildman–Crippen LogP) is 1.21. The first kappa shape index (κ1) is 13.6. The summed E-state index contributed by atoms with van der Waals surface area (Å²) in [7, 11) is 0. The summed E-state index contributed by atoms with van der Waals surface area (Å²) in [5.74, 6) is 0.673. The molecule has 1 amide bonds. The summed E-state index contributed by atoms with van der Waals surface area (Å²) in [4.78, 5) is 11.8. The fraction of sp³-hybridized carbons (Fsp3) is 0.562. The topological polar surface area (TPSA) is 50.4 Å². The van der Waals surface area contributed by atoms with Crippen LogP contribution in [0.15, 0.2) is 24.3 Å². The van der Waals surface area contributed by atoms with Gasteiger partial charge in [0.2, 0.25) is 5.91 Å². The molecule has 0 radical (unpaired) electrons. The number of amides is 1. The fourth-order valence-electron chi connectivity index (χ4n) is 3.03. The highest BCUT2D eigenvalue weighted by atomic mass is 16.5. The molecule has 1 heterocycles. The first-order chi connectivity index (χ1) is 9.83. The van der Waals surface area contributed by atoms with E-state index in [-0.39, 0.29) is 5.91 Å². The van der Waals surface area contributed by atoms with Crippen LogP contribution in [0.3, 0.4) is 0 Å². The Morgan fingerprint density at radius 2 is 2.05 bits per heavy atom. The van der Waals surface area contributed by atoms with E-state index >= 15 is 0 Å². The van der Waals surface area contributed by atoms with E-state index in [9.17, 15) is 4.79 Å². The van der Waals surface area contributed by atoms with Crippen LogP contribution in [-0.2, 0) is 16.0 Å². The Labute approximate surface area is 119 Å². The monoisotopic (exact) mass is 274 g/mol. The minimum Gasteiger partial charge on any atom is -0.381 e. The molecule has 3 rings (SSSR count). The normalized spacial score (nSPS) is 21.9. The number of nitrogens with one attached hydrogen (secondary N) is 2. The van der Waals surface area contributed by atoms with Crippen molar-refractivity contribution < 1.29 is 9.53 Å². The molecule has 1 atom stereocenters. The van der Waals surface area contributed by atoms with Crippen LogP contribution in [-0.4, -0.2) is 38.3 Å². The summed E-state index contributed by atoms with van der Waals surface area (Å²) in [5.41, 5.74) is 2.88. The molecule has 1 aliphatic carbocycles. The second-order valence-corrected chi connectivity index (χ2v) is 5.68. The zero-order valence-corrected chi connectivity index (χ0v) is 11.7. The Bertz CT molecular complexity index is 469. The van der Waals surface area contributed by atoms with Crippen molar-refractivity contribution in [1.82, 2.24) is 10.6 Å². The third kappa shape index (κ3) is 3.19. The van der Waals surface area contributed by atoms with Crippen molar-refractivity contribution >= 4 is 5.91 Å². The molecule has 1 saturated heterocycles. The summed E-state index contributed by atoms with van der Waals surface area (Å²) >= 11 is 0. The highest BCUT2D eigenvalue weighted by molar-refractivity contribution is 5.78. The van der Waals surface area contributed by atoms with Crippen LogP contribution in [0, 0.1) is 0 Å². The third-order valence-corrected chi connectivity index (χ3v) is 4.22. The Hall–Kier alpha value is -1.39. The molecule has 0 spiro atoms. The van der Waals surface area contributed by atoms with Gasteiger partial charge in [-0.05, 0) is 30.4 Å². The zero-order chi connectivity index (χ0) is 13.8. The lowest BCUT2D eigenvalue weighted by Gasteiger charge is -2.30. The molecule has 2 N–H and O–H groups in total. The van der Waals surface area contributed by atoms with Gasteiger partial charge in [-0.1, -0.05) is 24.3 Å². The van der Waals surface area contributed by atoms with Gasteiger partial charge in [0, 0.05) is 31.7 Å². The van der Waals surface area contributed by atoms with Gasteiger partial charge in [-0.2, -0.15) is 0 Å². The lowest BCUT2D eigenvalue weighted by molar-refractivity contribution is -0.121. The molecule has 0 aromatic heterocycles. The van der Waals surface area contributed by atoms with Gasteiger partial charge >= 0.3 is 0 Å². The highest BCUT2D eigenvalue weighted by Gasteiger charge is 2.25. The standard InChI is InChI=1S/C16H22N2O2/c19-16(18-14-5-7-20-8-6-14)11-17-10-13-9-12-3-1-2-4-15(12)13/h1-4,13-14,17H,5-11H2,(H,18,19). The van der Waals surface area contributed by atoms with E-state index in [1.165, 1.54) is 11.1 Å². The number of hydrogen-bond acceptors (Lipinski definition) is 3. The van der Waals surface area contributed by atoms with Gasteiger partial charge in [0.05, 0.1) is 6.54 Å². The van der Waals surface area contributed by atoms with Gasteiger partial charge in [-0.25, -0.2) is 0 Å². The molecule has 1 unspecified atom stereocenters. The van der Waals surface area contributed by atoms with Crippen molar-refractivity contribution in [2.75, 3.05) is 26.3 Å². The molecule has 0 bridgehead atoms. The summed E-state index contributed by atoms with van der Waals surface area (Å²) in [6.07, 6.45) is 2.99. The summed E-state index contributed by atoms with van der Waals surface area (Å²) < 4.78 is 5.28. The van der Waals surface area contributed by atoms with E-state index in [0.717, 1.165) is 39.0 Å². The maximum absolute atomic E-state index is 11.8. The van der Waals surface area contributed by atoms with E-state index in [1.54, 1.807) is 0 Å². The van der Waals surface area contributed by atoms with E-state index in [2.05, 4.69) is 34.9 Å². The first-order valence-corrected chi connectivity index (χ1v) is 7.48. The molecular weight excluding hydrogens is 252 g/mol. The van der Waals surface area contributed by atoms with Crippen molar-refractivity contribution in [3.05, 3.63) is 35.4 Å². The molecule has 1 aromatic rings. The largest absolute Gasteiger partial charge is 0.381 e. The van der Waals surface area contributed by atoms with Crippen LogP contribution in [0.25, 0.3) is 0 Å². The van der Waals surface area contributed by atoms with Gasteiger partial charge in [-0.3, -0.25) is 4.79 Å². The van der Waals surface area contributed by atoms with Gasteiger partial charge < -0.3 is 15.4 Å². The second kappa shape index (κ2) is 6.37. The fourth-order valence-corrected chi connectivity index (χ4v) is 3.03. The number of carbonyl (C=O) groups is 1. The molecular formula is C16H22N2O2. The Balaban J connectivity index is 1.35. The highest BCUT2D eigenvalue weighted by Crippen LogP contribution is 2.33. The average Bonchev–Trinajstić information content (AvgIpc) is 2.45. The summed E-state index contributed by atoms with van der Waals surface area (Å²) in [6.45, 7) is 2.82. The minimum absolute atomic E-state index is 0.101. The lowest BCUT2D eigenvalue weighted by atomic mass is 9.77. The quantitative estimate of drug-likeness (QED) is 0.848. The Morgan fingerprint density at radius 1 is 1.25 bits per heavy atom. The minimum atomic E-state index is 0.101. The summed E-state index contributed by atoms with van der Waals surface area (Å²) in [6, 6.07) is 8.84. The molecule has 2 aliphatic rings. The van der Waals surface area contributed by atoms with Crippen molar-refractivity contribution in [1.29, 1.82) is 0 Å². The van der Waals surface area contributed by atoms with Gasteiger partial charge in [0.15, 0.2) is 0 Å². The molecule has 4 nitrogen and oxygen atoms in total. The zero-order valence-electron chi connectivity index (χ0n) is 11.7. The van der Waals surface area contributed by atoms with Crippen LogP contribution >= 0.6 is 0 Å². The number of fused-ring (bicyclic) bond motifs is 1. The maximum atomic E-state index is 11.8. The molecule has 20 heavy (non-hydrogen) atoms. The lowest BCUT2D eigenvalue weighted by Crippen LogP contribution is -2.44. The molecule has 1 fully saturated rings. The second-order valence-electron chi connectivity index (χ2n) is 5.68. The smallest absolute Gasteiger partial charge is 0.234 e. The van der Waals surface area contributed by atoms with Crippen LogP contribution in [0.5, 0.6) is 0 Å². The third-order valence-electron chi connectivity index (χ3n) is 4.22. The van der Waals surface area contributed by atoms with Gasteiger partial charge in [0.1, 0.15) is 0 Å². The van der Waals surface area contributed by atoms with Crippen molar-refractivity contribution in [2.45, 2.75) is 31.2 Å². The molecule has 108 valence electrons. The summed E-state index contributed by atoms with van der Waals surface area (Å²) in [5, 5.41) is 6.34. The van der Waals surface area contributed by atoms with Crippen LogP contribution in [0.4, 0.5) is 0 Å². The number of hydrogen-bond donors (Lipinski definition) is 2. The van der Waals surface area contributed by atoms with Crippen LogP contribution in [0.2, 0.25) is 0 Å². The van der Waals surface area contributed by atoms with Crippen LogP contribution in [0.1, 0.15) is 29.9 Å². The van der Waals surface area contributed by atoms with Crippen molar-refractivity contribution in [3.8, 4) is 0 Å². The number of ether oxygens (including phenoxy) is 1. The van der Waals surface area contributed by atoms with Crippen molar-refractivity contribution in [3.63, 3.8) is 0 Å². The maximum Gasteiger partial charge on any atom is 0.234 e. The van der Waals surface area contributed by atoms with Gasteiger partial charge in [-0.15, -0.1) is 0 Å². The van der Waals surface area contributed by atoms with E-state index in [0.29, 0.717) is 18.5 Å². The van der Waals surface area contributed by atoms with E-state index < -0.39 is 0 Å². The first-order valence-electron chi connectivity index (χ1n) is 7.48. The van der Waals surface area contributed by atoms with Crippen molar-refractivity contribution in [2.24, 2.45) is 0 Å². The number of rotatable bonds is 5. The number of benzene rings is 1.